The van der Waals surface area contributed by atoms with Crippen LogP contribution in [0.2, 0.25) is 0 Å². The summed E-state index contributed by atoms with van der Waals surface area (Å²) in [7, 11) is 0. The van der Waals surface area contributed by atoms with Gasteiger partial charge in [0, 0.05) is 0 Å². The molecule has 1 aromatic carbocycles. The van der Waals surface area contributed by atoms with Gasteiger partial charge < -0.3 is 15.2 Å². The van der Waals surface area contributed by atoms with Crippen molar-refractivity contribution in [3.63, 3.8) is 0 Å². The summed E-state index contributed by atoms with van der Waals surface area (Å²) in [6, 6.07) is 9.21. The van der Waals surface area contributed by atoms with Crippen LogP contribution in [0.25, 0.3) is 0 Å². The first-order valence-corrected chi connectivity index (χ1v) is 7.94. The van der Waals surface area contributed by atoms with Gasteiger partial charge in [0.1, 0.15) is 5.54 Å². The molecule has 2 atom stereocenters. The largest absolute Gasteiger partial charge is 0.389 e. The molecule has 3 amide bonds. The number of nitrogens with zero attached hydrogens (tertiary/aromatic N) is 1. The number of aliphatic hydroxyl groups is 1. The lowest BCUT2D eigenvalue weighted by atomic mass is 9.96. The third-order valence-corrected chi connectivity index (χ3v) is 4.51. The molecule has 1 aromatic rings. The highest BCUT2D eigenvalue weighted by atomic mass is 16.5. The van der Waals surface area contributed by atoms with Crippen molar-refractivity contribution in [3.05, 3.63) is 35.9 Å². The van der Waals surface area contributed by atoms with Gasteiger partial charge in [-0.1, -0.05) is 30.3 Å². The first-order chi connectivity index (χ1) is 11.0. The Bertz CT molecular complexity index is 588. The van der Waals surface area contributed by atoms with Crippen LogP contribution in [-0.4, -0.2) is 46.7 Å². The Labute approximate surface area is 135 Å². The quantitative estimate of drug-likeness (QED) is 0.743. The molecule has 1 saturated carbocycles. The molecule has 1 heterocycles. The summed E-state index contributed by atoms with van der Waals surface area (Å²) in [5.74, 6) is -0.0254. The Balaban J connectivity index is 1.48. The van der Waals surface area contributed by atoms with Gasteiger partial charge in [-0.05, 0) is 31.2 Å². The van der Waals surface area contributed by atoms with E-state index in [0.29, 0.717) is 6.61 Å². The van der Waals surface area contributed by atoms with Gasteiger partial charge in [-0.25, -0.2) is 4.79 Å². The van der Waals surface area contributed by atoms with Gasteiger partial charge in [0.05, 0.1) is 25.9 Å². The van der Waals surface area contributed by atoms with Crippen LogP contribution in [-0.2, 0) is 16.1 Å². The summed E-state index contributed by atoms with van der Waals surface area (Å²) in [4.78, 5) is 25.6. The number of hydrogen-bond donors (Lipinski definition) is 2. The number of rotatable bonds is 7. The molecule has 1 aliphatic carbocycles. The van der Waals surface area contributed by atoms with E-state index in [1.165, 1.54) is 0 Å². The normalized spacial score (nSPS) is 25.6. The number of carbonyl (C=O) groups excluding carboxylic acids is 2. The summed E-state index contributed by atoms with van der Waals surface area (Å²) in [6.07, 6.45) is 1.02. The molecule has 3 rings (SSSR count). The average Bonchev–Trinajstić information content (AvgIpc) is 3.35. The van der Waals surface area contributed by atoms with Crippen LogP contribution in [0.5, 0.6) is 0 Å². The molecule has 23 heavy (non-hydrogen) atoms. The molecule has 2 N–H and O–H groups in total. The van der Waals surface area contributed by atoms with Gasteiger partial charge >= 0.3 is 6.03 Å². The lowest BCUT2D eigenvalue weighted by molar-refractivity contribution is -0.132. The standard InChI is InChI=1S/C17H22N2O4/c1-17(13-7-8-13)15(21)19(16(22)18-17)9-14(20)11-23-10-12-5-3-2-4-6-12/h2-6,13-14,20H,7-11H2,1H3,(H,18,22)/t14-,17-/m0/s1. The Hall–Kier alpha value is -1.92. The zero-order valence-electron chi connectivity index (χ0n) is 13.2. The molecule has 0 unspecified atom stereocenters. The van der Waals surface area contributed by atoms with Gasteiger partial charge in [0.25, 0.3) is 5.91 Å². The summed E-state index contributed by atoms with van der Waals surface area (Å²) in [5.41, 5.74) is 0.206. The first-order valence-electron chi connectivity index (χ1n) is 7.94. The van der Waals surface area contributed by atoms with Crippen molar-refractivity contribution in [3.8, 4) is 0 Å². The van der Waals surface area contributed by atoms with E-state index in [1.807, 2.05) is 30.3 Å². The Kier molecular flexibility index (Phi) is 4.37. The van der Waals surface area contributed by atoms with Gasteiger partial charge in [-0.2, -0.15) is 0 Å². The maximum Gasteiger partial charge on any atom is 0.325 e. The van der Waals surface area contributed by atoms with Crippen molar-refractivity contribution in [2.75, 3.05) is 13.2 Å². The fraction of sp³-hybridized carbons (Fsp3) is 0.529. The zero-order valence-corrected chi connectivity index (χ0v) is 13.2. The van der Waals surface area contributed by atoms with E-state index < -0.39 is 17.7 Å². The lowest BCUT2D eigenvalue weighted by Gasteiger charge is -2.22. The molecule has 1 saturated heterocycles. The first kappa shape index (κ1) is 16.0. The molecule has 0 radical (unpaired) electrons. The molecule has 1 aliphatic heterocycles. The van der Waals surface area contributed by atoms with Gasteiger partial charge in [0.15, 0.2) is 0 Å². The zero-order chi connectivity index (χ0) is 16.4. The average molecular weight is 318 g/mol. The van der Waals surface area contributed by atoms with Crippen LogP contribution in [0.15, 0.2) is 30.3 Å². The smallest absolute Gasteiger partial charge is 0.325 e. The molecule has 124 valence electrons. The highest BCUT2D eigenvalue weighted by Gasteiger charge is 2.56. The monoisotopic (exact) mass is 318 g/mol. The van der Waals surface area contributed by atoms with E-state index in [4.69, 9.17) is 4.74 Å². The summed E-state index contributed by atoms with van der Waals surface area (Å²) >= 11 is 0. The molecule has 6 heteroatoms. The number of urea groups is 1. The highest BCUT2D eigenvalue weighted by Crippen LogP contribution is 2.42. The Morgan fingerprint density at radius 2 is 2.04 bits per heavy atom. The van der Waals surface area contributed by atoms with Crippen LogP contribution in [0.4, 0.5) is 4.79 Å². The molecule has 0 spiro atoms. The summed E-state index contributed by atoms with van der Waals surface area (Å²) < 4.78 is 5.45. The van der Waals surface area contributed by atoms with Crippen molar-refractivity contribution in [1.29, 1.82) is 0 Å². The van der Waals surface area contributed by atoms with Gasteiger partial charge in [-0.15, -0.1) is 0 Å². The number of β-amino-alcohol motifs (C(OH)–C–C–N with tert-alkyl or cyclic N) is 1. The minimum atomic E-state index is -0.894. The van der Waals surface area contributed by atoms with Gasteiger partial charge in [-0.3, -0.25) is 9.69 Å². The maximum absolute atomic E-state index is 12.4. The maximum atomic E-state index is 12.4. The predicted octanol–water partition coefficient (Wildman–Crippen LogP) is 1.28. The van der Waals surface area contributed by atoms with Crippen molar-refractivity contribution in [1.82, 2.24) is 10.2 Å². The fourth-order valence-electron chi connectivity index (χ4n) is 2.97. The van der Waals surface area contributed by atoms with E-state index in [-0.39, 0.29) is 25.0 Å². The molecule has 0 bridgehead atoms. The number of benzene rings is 1. The Morgan fingerprint density at radius 1 is 1.35 bits per heavy atom. The second-order valence-corrected chi connectivity index (χ2v) is 6.48. The second-order valence-electron chi connectivity index (χ2n) is 6.48. The summed E-state index contributed by atoms with van der Waals surface area (Å²) in [5, 5.41) is 12.8. The van der Waals surface area contributed by atoms with Crippen molar-refractivity contribution in [2.24, 2.45) is 5.92 Å². The van der Waals surface area contributed by atoms with Crippen molar-refractivity contribution < 1.29 is 19.4 Å². The van der Waals surface area contributed by atoms with E-state index in [1.54, 1.807) is 6.92 Å². The summed E-state index contributed by atoms with van der Waals surface area (Å²) in [6.45, 7) is 2.19. The lowest BCUT2D eigenvalue weighted by Crippen LogP contribution is -2.46. The molecule has 0 aromatic heterocycles. The SMILES string of the molecule is C[C@@]1(C2CC2)NC(=O)N(C[C@H](O)COCc2ccccc2)C1=O. The number of imide groups is 1. The molecular formula is C17H22N2O4. The number of aliphatic hydroxyl groups excluding tert-OH is 1. The van der Waals surface area contributed by atoms with Crippen LogP contribution in [0.3, 0.4) is 0 Å². The molecular weight excluding hydrogens is 296 g/mol. The van der Waals surface area contributed by atoms with Crippen molar-refractivity contribution in [2.45, 2.75) is 38.0 Å². The molecule has 2 fully saturated rings. The molecule has 6 nitrogen and oxygen atoms in total. The number of carbonyl (C=O) groups is 2. The Morgan fingerprint density at radius 3 is 2.70 bits per heavy atom. The van der Waals surface area contributed by atoms with Crippen LogP contribution < -0.4 is 5.32 Å². The van der Waals surface area contributed by atoms with Crippen LogP contribution in [0.1, 0.15) is 25.3 Å². The number of hydrogen-bond acceptors (Lipinski definition) is 4. The number of nitrogens with one attached hydrogen (secondary N) is 1. The third-order valence-electron chi connectivity index (χ3n) is 4.51. The van der Waals surface area contributed by atoms with E-state index in [9.17, 15) is 14.7 Å². The molecule has 2 aliphatic rings. The van der Waals surface area contributed by atoms with E-state index in [0.717, 1.165) is 23.3 Å². The van der Waals surface area contributed by atoms with Gasteiger partial charge in [0.2, 0.25) is 0 Å². The van der Waals surface area contributed by atoms with E-state index in [2.05, 4.69) is 5.32 Å². The third kappa shape index (κ3) is 3.38. The number of ether oxygens (including phenoxy) is 1. The van der Waals surface area contributed by atoms with Crippen LogP contribution in [0, 0.1) is 5.92 Å². The van der Waals surface area contributed by atoms with E-state index >= 15 is 0 Å². The highest BCUT2D eigenvalue weighted by molar-refractivity contribution is 6.07. The second kappa shape index (κ2) is 6.29. The topological polar surface area (TPSA) is 78.9 Å². The fourth-order valence-corrected chi connectivity index (χ4v) is 2.97. The minimum Gasteiger partial charge on any atom is -0.389 e. The van der Waals surface area contributed by atoms with Crippen LogP contribution >= 0.6 is 0 Å². The minimum absolute atomic E-state index is 0.0399. The number of amides is 3. The predicted molar refractivity (Wildman–Crippen MR) is 83.5 cm³/mol. The van der Waals surface area contributed by atoms with Crippen molar-refractivity contribution >= 4 is 11.9 Å².